The quantitative estimate of drug-likeness (QED) is 0.664. The van der Waals surface area contributed by atoms with Crippen LogP contribution in [-0.4, -0.2) is 20.1 Å². The number of aryl methyl sites for hydroxylation is 1. The number of carbonyl (C=O) groups excluding carboxylic acids is 1. The molecule has 1 heterocycles. The van der Waals surface area contributed by atoms with Gasteiger partial charge in [0, 0.05) is 6.54 Å². The number of benzene rings is 1. The van der Waals surface area contributed by atoms with E-state index < -0.39 is 0 Å². The Bertz CT molecular complexity index is 335. The van der Waals surface area contributed by atoms with Crippen molar-refractivity contribution in [2.75, 3.05) is 18.6 Å². The van der Waals surface area contributed by atoms with Crippen LogP contribution >= 0.6 is 0 Å². The molecule has 1 aromatic carbocycles. The predicted molar refractivity (Wildman–Crippen MR) is 54.7 cm³/mol. The summed E-state index contributed by atoms with van der Waals surface area (Å²) in [5, 5.41) is 0. The van der Waals surface area contributed by atoms with Crippen LogP contribution in [0.1, 0.15) is 12.0 Å². The summed E-state index contributed by atoms with van der Waals surface area (Å²) in [5.74, 6) is 0.786. The SMILES string of the molecule is COc1cccc2c1N(C=O)CCC2. The molecule has 0 radical (unpaired) electrons. The Hall–Kier alpha value is -1.51. The zero-order valence-corrected chi connectivity index (χ0v) is 8.19. The van der Waals surface area contributed by atoms with Crippen LogP contribution in [0.2, 0.25) is 0 Å². The molecule has 0 bridgehead atoms. The highest BCUT2D eigenvalue weighted by Gasteiger charge is 2.19. The fraction of sp³-hybridized carbons (Fsp3) is 0.364. The van der Waals surface area contributed by atoms with Crippen molar-refractivity contribution in [3.05, 3.63) is 23.8 Å². The molecule has 0 spiro atoms. The summed E-state index contributed by atoms with van der Waals surface area (Å²) in [5.41, 5.74) is 2.14. The minimum atomic E-state index is 0.786. The second-order valence-electron chi connectivity index (χ2n) is 3.37. The van der Waals surface area contributed by atoms with E-state index in [-0.39, 0.29) is 0 Å². The smallest absolute Gasteiger partial charge is 0.214 e. The molecule has 1 aromatic rings. The average Bonchev–Trinajstić information content (AvgIpc) is 2.27. The lowest BCUT2D eigenvalue weighted by atomic mass is 10.0. The van der Waals surface area contributed by atoms with Gasteiger partial charge in [-0.15, -0.1) is 0 Å². The second-order valence-corrected chi connectivity index (χ2v) is 3.37. The fourth-order valence-electron chi connectivity index (χ4n) is 1.92. The first-order valence-corrected chi connectivity index (χ1v) is 4.74. The Morgan fingerprint density at radius 3 is 3.07 bits per heavy atom. The van der Waals surface area contributed by atoms with E-state index in [4.69, 9.17) is 4.74 Å². The van der Waals surface area contributed by atoms with Gasteiger partial charge in [0.1, 0.15) is 5.75 Å². The maximum absolute atomic E-state index is 10.9. The first-order chi connectivity index (χ1) is 6.86. The minimum absolute atomic E-state index is 0.786. The third kappa shape index (κ3) is 1.35. The molecule has 0 fully saturated rings. The topological polar surface area (TPSA) is 29.5 Å². The zero-order chi connectivity index (χ0) is 9.97. The molecular formula is C11H13NO2. The normalized spacial score (nSPS) is 14.8. The summed E-state index contributed by atoms with van der Waals surface area (Å²) in [7, 11) is 1.63. The molecule has 3 nitrogen and oxygen atoms in total. The highest BCUT2D eigenvalue weighted by molar-refractivity contribution is 5.81. The Kier molecular flexibility index (Phi) is 2.39. The third-order valence-corrected chi connectivity index (χ3v) is 2.56. The van der Waals surface area contributed by atoms with Crippen LogP contribution in [0.5, 0.6) is 5.75 Å². The van der Waals surface area contributed by atoms with Crippen molar-refractivity contribution in [3.8, 4) is 5.75 Å². The van der Waals surface area contributed by atoms with Crippen molar-refractivity contribution < 1.29 is 9.53 Å². The van der Waals surface area contributed by atoms with Crippen molar-refractivity contribution in [1.29, 1.82) is 0 Å². The molecule has 0 unspecified atom stereocenters. The third-order valence-electron chi connectivity index (χ3n) is 2.56. The summed E-state index contributed by atoms with van der Waals surface area (Å²) in [4.78, 5) is 12.6. The van der Waals surface area contributed by atoms with E-state index >= 15 is 0 Å². The van der Waals surface area contributed by atoms with E-state index in [2.05, 4.69) is 0 Å². The molecule has 0 atom stereocenters. The molecule has 1 aliphatic heterocycles. The van der Waals surface area contributed by atoms with Crippen molar-refractivity contribution in [3.63, 3.8) is 0 Å². The molecule has 1 aliphatic rings. The Morgan fingerprint density at radius 1 is 1.50 bits per heavy atom. The van der Waals surface area contributed by atoms with Gasteiger partial charge >= 0.3 is 0 Å². The number of carbonyl (C=O) groups is 1. The monoisotopic (exact) mass is 191 g/mol. The van der Waals surface area contributed by atoms with Gasteiger partial charge < -0.3 is 9.64 Å². The molecule has 2 rings (SSSR count). The van der Waals surface area contributed by atoms with Crippen molar-refractivity contribution in [2.45, 2.75) is 12.8 Å². The van der Waals surface area contributed by atoms with Crippen LogP contribution in [0, 0.1) is 0 Å². The van der Waals surface area contributed by atoms with E-state index in [1.807, 2.05) is 18.2 Å². The lowest BCUT2D eigenvalue weighted by Gasteiger charge is -2.27. The maximum Gasteiger partial charge on any atom is 0.214 e. The van der Waals surface area contributed by atoms with Crippen LogP contribution < -0.4 is 9.64 Å². The average molecular weight is 191 g/mol. The van der Waals surface area contributed by atoms with Crippen LogP contribution in [0.4, 0.5) is 5.69 Å². The number of methoxy groups -OCH3 is 1. The van der Waals surface area contributed by atoms with Gasteiger partial charge in [-0.05, 0) is 24.5 Å². The summed E-state index contributed by atoms with van der Waals surface area (Å²) in [6, 6.07) is 5.90. The second kappa shape index (κ2) is 3.70. The van der Waals surface area contributed by atoms with Gasteiger partial charge in [0.25, 0.3) is 0 Å². The van der Waals surface area contributed by atoms with Crippen molar-refractivity contribution >= 4 is 12.1 Å². The van der Waals surface area contributed by atoms with Crippen LogP contribution in [0.25, 0.3) is 0 Å². The molecule has 14 heavy (non-hydrogen) atoms. The Morgan fingerprint density at radius 2 is 2.36 bits per heavy atom. The highest BCUT2D eigenvalue weighted by atomic mass is 16.5. The number of fused-ring (bicyclic) bond motifs is 1. The Labute approximate surface area is 83.3 Å². The molecule has 0 aliphatic carbocycles. The number of hydrogen-bond acceptors (Lipinski definition) is 2. The van der Waals surface area contributed by atoms with Crippen molar-refractivity contribution in [2.24, 2.45) is 0 Å². The maximum atomic E-state index is 10.9. The van der Waals surface area contributed by atoms with Crippen LogP contribution in [0.3, 0.4) is 0 Å². The summed E-state index contributed by atoms with van der Waals surface area (Å²) < 4.78 is 5.24. The summed E-state index contributed by atoms with van der Waals surface area (Å²) >= 11 is 0. The van der Waals surface area contributed by atoms with E-state index in [1.165, 1.54) is 5.56 Å². The van der Waals surface area contributed by atoms with Gasteiger partial charge in [-0.25, -0.2) is 0 Å². The molecule has 0 N–H and O–H groups in total. The lowest BCUT2D eigenvalue weighted by Crippen LogP contribution is -2.28. The largest absolute Gasteiger partial charge is 0.495 e. The van der Waals surface area contributed by atoms with Crippen LogP contribution in [-0.2, 0) is 11.2 Å². The van der Waals surface area contributed by atoms with Crippen LogP contribution in [0.15, 0.2) is 18.2 Å². The standard InChI is InChI=1S/C11H13NO2/c1-14-10-6-2-4-9-5-3-7-12(8-13)11(9)10/h2,4,6,8H,3,5,7H2,1H3. The molecule has 3 heteroatoms. The lowest BCUT2D eigenvalue weighted by molar-refractivity contribution is -0.107. The van der Waals surface area contributed by atoms with E-state index in [0.29, 0.717) is 0 Å². The molecular weight excluding hydrogens is 178 g/mol. The van der Waals surface area contributed by atoms with Crippen molar-refractivity contribution in [1.82, 2.24) is 0 Å². The van der Waals surface area contributed by atoms with Gasteiger partial charge in [0.2, 0.25) is 6.41 Å². The number of nitrogens with zero attached hydrogens (tertiary/aromatic N) is 1. The van der Waals surface area contributed by atoms with E-state index in [9.17, 15) is 4.79 Å². The fourth-order valence-corrected chi connectivity index (χ4v) is 1.92. The number of anilines is 1. The zero-order valence-electron chi connectivity index (χ0n) is 8.19. The molecule has 0 aromatic heterocycles. The number of ether oxygens (including phenoxy) is 1. The summed E-state index contributed by atoms with van der Waals surface area (Å²) in [6.45, 7) is 0.789. The van der Waals surface area contributed by atoms with Gasteiger partial charge in [0.05, 0.1) is 12.8 Å². The molecule has 0 saturated heterocycles. The van der Waals surface area contributed by atoms with Gasteiger partial charge in [-0.2, -0.15) is 0 Å². The van der Waals surface area contributed by atoms with Gasteiger partial charge in [-0.3, -0.25) is 4.79 Å². The first-order valence-electron chi connectivity index (χ1n) is 4.74. The number of para-hydroxylation sites is 1. The minimum Gasteiger partial charge on any atom is -0.495 e. The number of amides is 1. The van der Waals surface area contributed by atoms with E-state index in [1.54, 1.807) is 12.0 Å². The number of rotatable bonds is 2. The van der Waals surface area contributed by atoms with Gasteiger partial charge in [0.15, 0.2) is 0 Å². The van der Waals surface area contributed by atoms with E-state index in [0.717, 1.165) is 37.2 Å². The molecule has 74 valence electrons. The highest BCUT2D eigenvalue weighted by Crippen LogP contribution is 2.34. The first kappa shape index (κ1) is 9.06. The van der Waals surface area contributed by atoms with Gasteiger partial charge in [-0.1, -0.05) is 12.1 Å². The number of hydrogen-bond donors (Lipinski definition) is 0. The summed E-state index contributed by atoms with van der Waals surface area (Å²) in [6.07, 6.45) is 2.93. The predicted octanol–water partition coefficient (Wildman–Crippen LogP) is 1.60. The Balaban J connectivity index is 2.51. The molecule has 1 amide bonds. The molecule has 0 saturated carbocycles.